The fraction of sp³-hybridized carbons (Fsp3) is 0.478. The van der Waals surface area contributed by atoms with Crippen LogP contribution in [-0.4, -0.2) is 68.4 Å². The van der Waals surface area contributed by atoms with E-state index in [1.165, 1.54) is 18.5 Å². The van der Waals surface area contributed by atoms with Gasteiger partial charge in [0.2, 0.25) is 5.75 Å². The van der Waals surface area contributed by atoms with Crippen molar-refractivity contribution in [1.82, 2.24) is 9.80 Å². The number of hydrogen-bond acceptors (Lipinski definition) is 5. The van der Waals surface area contributed by atoms with Crippen LogP contribution in [0, 0.1) is 0 Å². The first-order chi connectivity index (χ1) is 13.7. The maximum Gasteiger partial charge on any atom is 0.200 e. The van der Waals surface area contributed by atoms with Crippen LogP contribution < -0.4 is 9.47 Å². The highest BCUT2D eigenvalue weighted by Gasteiger charge is 2.17. The van der Waals surface area contributed by atoms with Gasteiger partial charge in [0.05, 0.1) is 14.2 Å². The van der Waals surface area contributed by atoms with Gasteiger partial charge in [-0.2, -0.15) is 0 Å². The zero-order valence-corrected chi connectivity index (χ0v) is 17.1. The molecule has 0 saturated carbocycles. The highest BCUT2D eigenvalue weighted by Crippen LogP contribution is 2.37. The first-order valence-corrected chi connectivity index (χ1v) is 10.1. The lowest BCUT2D eigenvalue weighted by Gasteiger charge is -2.34. The molecule has 0 bridgehead atoms. The van der Waals surface area contributed by atoms with Gasteiger partial charge in [-0.15, -0.1) is 0 Å². The maximum absolute atomic E-state index is 10.0. The first-order valence-electron chi connectivity index (χ1n) is 10.1. The molecule has 1 N–H and O–H groups in total. The number of methoxy groups -OCH3 is 2. The summed E-state index contributed by atoms with van der Waals surface area (Å²) in [5.74, 6) is 1.01. The number of benzene rings is 2. The van der Waals surface area contributed by atoms with E-state index in [0.29, 0.717) is 11.5 Å². The number of aromatic hydroxyl groups is 1. The average Bonchev–Trinajstić information content (AvgIpc) is 2.74. The second-order valence-corrected chi connectivity index (χ2v) is 7.37. The van der Waals surface area contributed by atoms with E-state index >= 15 is 0 Å². The molecule has 3 rings (SSSR count). The smallest absolute Gasteiger partial charge is 0.200 e. The van der Waals surface area contributed by atoms with E-state index in [0.717, 1.165) is 51.1 Å². The van der Waals surface area contributed by atoms with Crippen LogP contribution in [0.3, 0.4) is 0 Å². The van der Waals surface area contributed by atoms with E-state index in [9.17, 15) is 5.11 Å². The summed E-state index contributed by atoms with van der Waals surface area (Å²) in [5, 5.41) is 10.0. The number of piperazine rings is 1. The topological polar surface area (TPSA) is 45.2 Å². The van der Waals surface area contributed by atoms with Gasteiger partial charge in [-0.25, -0.2) is 0 Å². The summed E-state index contributed by atoms with van der Waals surface area (Å²) in [6, 6.07) is 14.5. The standard InChI is InChI=1S/C23H32N2O3/c1-27-21-17-20(18-22(28-2)23(21)26)10-12-25-15-13-24(14-16-25)11-6-9-19-7-4-3-5-8-19/h3-5,7-8,17-18,26H,6,9-16H2,1-2H3. The molecular formula is C23H32N2O3. The summed E-state index contributed by atoms with van der Waals surface area (Å²) < 4.78 is 10.5. The molecule has 0 atom stereocenters. The quantitative estimate of drug-likeness (QED) is 0.719. The van der Waals surface area contributed by atoms with E-state index in [-0.39, 0.29) is 5.75 Å². The molecule has 2 aromatic rings. The van der Waals surface area contributed by atoms with Crippen molar-refractivity contribution in [3.8, 4) is 17.2 Å². The second kappa shape index (κ2) is 10.3. The third-order valence-corrected chi connectivity index (χ3v) is 5.50. The van der Waals surface area contributed by atoms with Crippen molar-refractivity contribution < 1.29 is 14.6 Å². The Morgan fingerprint density at radius 2 is 1.36 bits per heavy atom. The van der Waals surface area contributed by atoms with Crippen LogP contribution in [0.25, 0.3) is 0 Å². The molecular weight excluding hydrogens is 352 g/mol. The van der Waals surface area contributed by atoms with E-state index in [4.69, 9.17) is 9.47 Å². The molecule has 0 aromatic heterocycles. The number of phenols is 1. The number of ether oxygens (including phenoxy) is 2. The zero-order valence-electron chi connectivity index (χ0n) is 17.1. The molecule has 1 fully saturated rings. The molecule has 0 radical (unpaired) electrons. The van der Waals surface area contributed by atoms with Crippen LogP contribution in [-0.2, 0) is 12.8 Å². The number of hydrogen-bond donors (Lipinski definition) is 1. The first kappa shape index (κ1) is 20.5. The van der Waals surface area contributed by atoms with Gasteiger partial charge in [0.1, 0.15) is 0 Å². The van der Waals surface area contributed by atoms with Gasteiger partial charge < -0.3 is 24.4 Å². The Morgan fingerprint density at radius 3 is 1.93 bits per heavy atom. The van der Waals surface area contributed by atoms with Gasteiger partial charge in [0.25, 0.3) is 0 Å². The molecule has 0 aliphatic carbocycles. The molecule has 152 valence electrons. The number of phenolic OH excluding ortho intramolecular Hbond substituents is 1. The highest BCUT2D eigenvalue weighted by atomic mass is 16.5. The molecule has 2 aromatic carbocycles. The molecule has 5 nitrogen and oxygen atoms in total. The Kier molecular flexibility index (Phi) is 7.57. The summed E-state index contributed by atoms with van der Waals surface area (Å²) in [6.07, 6.45) is 3.30. The number of nitrogens with zero attached hydrogens (tertiary/aromatic N) is 2. The van der Waals surface area contributed by atoms with Gasteiger partial charge in [0.15, 0.2) is 11.5 Å². The lowest BCUT2D eigenvalue weighted by molar-refractivity contribution is 0.132. The number of aryl methyl sites for hydroxylation is 1. The van der Waals surface area contributed by atoms with Crippen molar-refractivity contribution in [2.75, 3.05) is 53.5 Å². The molecule has 0 unspecified atom stereocenters. The van der Waals surface area contributed by atoms with E-state index in [1.807, 2.05) is 12.1 Å². The Bertz CT molecular complexity index is 703. The average molecular weight is 385 g/mol. The van der Waals surface area contributed by atoms with Crippen LogP contribution in [0.2, 0.25) is 0 Å². The van der Waals surface area contributed by atoms with Crippen molar-refractivity contribution in [3.05, 3.63) is 53.6 Å². The predicted octanol–water partition coefficient (Wildman–Crippen LogP) is 3.20. The minimum Gasteiger partial charge on any atom is -0.502 e. The summed E-state index contributed by atoms with van der Waals surface area (Å²) in [4.78, 5) is 5.09. The Morgan fingerprint density at radius 1 is 0.786 bits per heavy atom. The van der Waals surface area contributed by atoms with Crippen molar-refractivity contribution in [1.29, 1.82) is 0 Å². The second-order valence-electron chi connectivity index (χ2n) is 7.37. The summed E-state index contributed by atoms with van der Waals surface area (Å²) in [7, 11) is 3.13. The van der Waals surface area contributed by atoms with Gasteiger partial charge in [-0.3, -0.25) is 0 Å². The van der Waals surface area contributed by atoms with Crippen LogP contribution in [0.5, 0.6) is 17.2 Å². The summed E-state index contributed by atoms with van der Waals surface area (Å²) in [5.41, 5.74) is 2.55. The third kappa shape index (κ3) is 5.63. The van der Waals surface area contributed by atoms with Gasteiger partial charge in [0, 0.05) is 32.7 Å². The monoisotopic (exact) mass is 384 g/mol. The fourth-order valence-corrected chi connectivity index (χ4v) is 3.77. The molecule has 1 heterocycles. The molecule has 5 heteroatoms. The van der Waals surface area contributed by atoms with E-state index in [1.54, 1.807) is 14.2 Å². The lowest BCUT2D eigenvalue weighted by Crippen LogP contribution is -2.47. The van der Waals surface area contributed by atoms with Gasteiger partial charge >= 0.3 is 0 Å². The minimum absolute atomic E-state index is 0.0675. The van der Waals surface area contributed by atoms with Crippen LogP contribution in [0.4, 0.5) is 0 Å². The molecule has 1 aliphatic rings. The van der Waals surface area contributed by atoms with Crippen molar-refractivity contribution in [2.45, 2.75) is 19.3 Å². The molecule has 0 amide bonds. The third-order valence-electron chi connectivity index (χ3n) is 5.50. The largest absolute Gasteiger partial charge is 0.502 e. The molecule has 1 aliphatic heterocycles. The van der Waals surface area contributed by atoms with Crippen LogP contribution in [0.15, 0.2) is 42.5 Å². The fourth-order valence-electron chi connectivity index (χ4n) is 3.77. The van der Waals surface area contributed by atoms with Crippen molar-refractivity contribution in [2.24, 2.45) is 0 Å². The summed E-state index contributed by atoms with van der Waals surface area (Å²) >= 11 is 0. The Hall–Kier alpha value is -2.24. The zero-order chi connectivity index (χ0) is 19.8. The van der Waals surface area contributed by atoms with E-state index < -0.39 is 0 Å². The molecule has 1 saturated heterocycles. The summed E-state index contributed by atoms with van der Waals surface area (Å²) in [6.45, 7) is 6.67. The van der Waals surface area contributed by atoms with Crippen LogP contribution >= 0.6 is 0 Å². The molecule has 0 spiro atoms. The maximum atomic E-state index is 10.0. The SMILES string of the molecule is COc1cc(CCN2CCN(CCCc3ccccc3)CC2)cc(OC)c1O. The molecule has 28 heavy (non-hydrogen) atoms. The van der Waals surface area contributed by atoms with E-state index in [2.05, 4.69) is 40.1 Å². The van der Waals surface area contributed by atoms with Crippen molar-refractivity contribution >= 4 is 0 Å². The predicted molar refractivity (Wildman–Crippen MR) is 113 cm³/mol. The van der Waals surface area contributed by atoms with Gasteiger partial charge in [-0.1, -0.05) is 30.3 Å². The normalized spacial score (nSPS) is 15.5. The Labute approximate surface area is 168 Å². The Balaban J connectivity index is 1.40. The van der Waals surface area contributed by atoms with Crippen molar-refractivity contribution in [3.63, 3.8) is 0 Å². The van der Waals surface area contributed by atoms with Crippen LogP contribution in [0.1, 0.15) is 17.5 Å². The minimum atomic E-state index is 0.0675. The number of rotatable bonds is 9. The lowest BCUT2D eigenvalue weighted by atomic mass is 10.1. The van der Waals surface area contributed by atoms with Gasteiger partial charge in [-0.05, 0) is 49.1 Å². The highest BCUT2D eigenvalue weighted by molar-refractivity contribution is 5.52.